The molecule has 0 atom stereocenters. The first-order chi connectivity index (χ1) is 7.25. The Kier molecular flexibility index (Phi) is 4.17. The van der Waals surface area contributed by atoms with Crippen LogP contribution in [-0.4, -0.2) is 32.3 Å². The largest absolute Gasteiger partial charge is 0.0698 e. The Balaban J connectivity index is 3.02. The third-order valence-corrected chi connectivity index (χ3v) is 30.8. The van der Waals surface area contributed by atoms with Crippen molar-refractivity contribution in [1.82, 2.24) is 0 Å². The van der Waals surface area contributed by atoms with Crippen LogP contribution in [0.15, 0.2) is 0 Å². The average Bonchev–Trinajstić information content (AvgIpc) is 1.90. The minimum absolute atomic E-state index is 0.840. The molecule has 1 aliphatic rings. The van der Waals surface area contributed by atoms with Gasteiger partial charge in [0.25, 0.3) is 0 Å². The molecule has 0 aromatic carbocycles. The minimum Gasteiger partial charge on any atom is -0.0698 e. The van der Waals surface area contributed by atoms with Crippen molar-refractivity contribution in [3.05, 3.63) is 0 Å². The second kappa shape index (κ2) is 4.46. The van der Waals surface area contributed by atoms with Gasteiger partial charge in [0.05, 0.1) is 0 Å². The molecular formula is C13H34Si4. The van der Waals surface area contributed by atoms with Gasteiger partial charge in [-0.25, -0.2) is 0 Å². The summed E-state index contributed by atoms with van der Waals surface area (Å²) in [5.74, 6) is 0. The van der Waals surface area contributed by atoms with Gasteiger partial charge in [0.2, 0.25) is 0 Å². The first kappa shape index (κ1) is 15.9. The van der Waals surface area contributed by atoms with Crippen molar-refractivity contribution >= 4 is 32.3 Å². The van der Waals surface area contributed by atoms with Gasteiger partial charge in [0.15, 0.2) is 0 Å². The van der Waals surface area contributed by atoms with Crippen LogP contribution in [0.5, 0.6) is 0 Å². The summed E-state index contributed by atoms with van der Waals surface area (Å²) in [6.07, 6.45) is 0. The van der Waals surface area contributed by atoms with Crippen molar-refractivity contribution in [3.63, 3.8) is 0 Å². The van der Waals surface area contributed by atoms with E-state index in [0.29, 0.717) is 0 Å². The molecule has 1 aliphatic heterocycles. The van der Waals surface area contributed by atoms with E-state index in [1.54, 1.807) is 17.4 Å². The van der Waals surface area contributed by atoms with Crippen LogP contribution in [0.4, 0.5) is 0 Å². The van der Waals surface area contributed by atoms with E-state index in [9.17, 15) is 0 Å². The summed E-state index contributed by atoms with van der Waals surface area (Å²) in [4.78, 5) is 0. The molecule has 0 N–H and O–H groups in total. The quantitative estimate of drug-likeness (QED) is 0.595. The molecule has 1 fully saturated rings. The third kappa shape index (κ3) is 4.18. The van der Waals surface area contributed by atoms with Crippen LogP contribution in [0.1, 0.15) is 0 Å². The van der Waals surface area contributed by atoms with E-state index in [-0.39, 0.29) is 0 Å². The van der Waals surface area contributed by atoms with E-state index in [4.69, 9.17) is 0 Å². The molecule has 102 valence electrons. The summed E-state index contributed by atoms with van der Waals surface area (Å²) in [6.45, 7) is 24.0. The maximum atomic E-state index is 2.72. The molecule has 0 radical (unpaired) electrons. The molecule has 1 heterocycles. The monoisotopic (exact) mass is 302 g/mol. The normalized spacial score (nSPS) is 28.1. The molecule has 0 spiro atoms. The summed E-state index contributed by atoms with van der Waals surface area (Å²) in [6, 6.07) is 1.63. The fraction of sp³-hybridized carbons (Fsp3) is 1.00. The zero-order chi connectivity index (χ0) is 13.7. The Hall–Kier alpha value is 0.868. The number of hydrogen-bond acceptors (Lipinski definition) is 0. The van der Waals surface area contributed by atoms with Crippen LogP contribution in [0.3, 0.4) is 0 Å². The first-order valence-corrected chi connectivity index (χ1v) is 20.9. The lowest BCUT2D eigenvalue weighted by Gasteiger charge is -2.54. The maximum absolute atomic E-state index is 2.72. The SMILES string of the molecule is C[Si](C)(C)CC1[Si](C)(C)C[Si](C)(C)C[Si]1(C)C. The van der Waals surface area contributed by atoms with Crippen molar-refractivity contribution in [3.8, 4) is 0 Å². The lowest BCUT2D eigenvalue weighted by molar-refractivity contribution is 1.08. The molecular weight excluding hydrogens is 268 g/mol. The van der Waals surface area contributed by atoms with E-state index in [2.05, 4.69) is 58.9 Å². The van der Waals surface area contributed by atoms with Gasteiger partial charge in [-0.1, -0.05) is 81.5 Å². The van der Waals surface area contributed by atoms with Gasteiger partial charge in [-0.05, 0) is 0 Å². The van der Waals surface area contributed by atoms with Crippen molar-refractivity contribution in [2.75, 3.05) is 0 Å². The Morgan fingerprint density at radius 2 is 1.18 bits per heavy atom. The predicted molar refractivity (Wildman–Crippen MR) is 94.0 cm³/mol. The summed E-state index contributed by atoms with van der Waals surface area (Å²) in [5.41, 5.74) is 3.40. The Morgan fingerprint density at radius 1 is 0.824 bits per heavy atom. The van der Waals surface area contributed by atoms with Crippen LogP contribution >= 0.6 is 0 Å². The Labute approximate surface area is 114 Å². The third-order valence-electron chi connectivity index (χ3n) is 4.57. The van der Waals surface area contributed by atoms with Gasteiger partial charge < -0.3 is 0 Å². The molecule has 0 aromatic heterocycles. The standard InChI is InChI=1S/C13H34Si4/c1-14(2,3)10-13-16(6,7)11-15(4,5)12-17(13,8)9/h13H,10-12H2,1-9H3. The Morgan fingerprint density at radius 3 is 1.47 bits per heavy atom. The summed E-state index contributed by atoms with van der Waals surface area (Å²) in [7, 11) is -3.61. The van der Waals surface area contributed by atoms with Crippen molar-refractivity contribution in [2.24, 2.45) is 0 Å². The van der Waals surface area contributed by atoms with Crippen molar-refractivity contribution < 1.29 is 0 Å². The van der Waals surface area contributed by atoms with Crippen LogP contribution in [0.25, 0.3) is 0 Å². The fourth-order valence-electron chi connectivity index (χ4n) is 5.00. The molecule has 0 aliphatic carbocycles. The maximum Gasteiger partial charge on any atom is 0.0449 e. The van der Waals surface area contributed by atoms with E-state index < -0.39 is 32.3 Å². The van der Waals surface area contributed by atoms with Gasteiger partial charge in [-0.15, -0.1) is 0 Å². The van der Waals surface area contributed by atoms with Gasteiger partial charge in [0.1, 0.15) is 0 Å². The van der Waals surface area contributed by atoms with Gasteiger partial charge in [0, 0.05) is 32.3 Å². The molecule has 0 aromatic rings. The second-order valence-corrected chi connectivity index (χ2v) is 32.4. The zero-order valence-electron chi connectivity index (χ0n) is 13.7. The lowest BCUT2D eigenvalue weighted by Crippen LogP contribution is -2.61. The smallest absolute Gasteiger partial charge is 0.0449 e. The summed E-state index contributed by atoms with van der Waals surface area (Å²) in [5, 5.41) is 1.21. The molecule has 0 unspecified atom stereocenters. The van der Waals surface area contributed by atoms with Crippen LogP contribution < -0.4 is 0 Å². The predicted octanol–water partition coefficient (Wildman–Crippen LogP) is 5.45. The van der Waals surface area contributed by atoms with Gasteiger partial charge in [-0.3, -0.25) is 0 Å². The Bertz CT molecular complexity index is 266. The molecule has 0 nitrogen and oxygen atoms in total. The van der Waals surface area contributed by atoms with Crippen LogP contribution in [0.2, 0.25) is 81.5 Å². The highest BCUT2D eigenvalue weighted by Gasteiger charge is 2.53. The number of rotatable bonds is 2. The van der Waals surface area contributed by atoms with Crippen LogP contribution in [-0.2, 0) is 0 Å². The van der Waals surface area contributed by atoms with E-state index in [1.807, 2.05) is 0 Å². The molecule has 1 saturated heterocycles. The van der Waals surface area contributed by atoms with Crippen LogP contribution in [0, 0.1) is 0 Å². The highest BCUT2D eigenvalue weighted by molar-refractivity contribution is 7.14. The van der Waals surface area contributed by atoms with Crippen molar-refractivity contribution in [1.29, 1.82) is 0 Å². The minimum atomic E-state index is -0.942. The second-order valence-electron chi connectivity index (χ2n) is 9.81. The molecule has 4 heteroatoms. The number of hydrogen-bond donors (Lipinski definition) is 0. The van der Waals surface area contributed by atoms with Crippen molar-refractivity contribution in [2.45, 2.75) is 81.5 Å². The topological polar surface area (TPSA) is 0 Å². The first-order valence-electron chi connectivity index (χ1n) is 7.25. The highest BCUT2D eigenvalue weighted by Crippen LogP contribution is 2.50. The zero-order valence-corrected chi connectivity index (χ0v) is 17.7. The van der Waals surface area contributed by atoms with E-state index in [0.717, 1.165) is 0 Å². The molecule has 0 amide bonds. The summed E-state index contributed by atoms with van der Waals surface area (Å²) < 4.78 is 0. The lowest BCUT2D eigenvalue weighted by atomic mass is 10.9. The van der Waals surface area contributed by atoms with Gasteiger partial charge in [-0.2, -0.15) is 0 Å². The molecule has 1 rings (SSSR count). The highest BCUT2D eigenvalue weighted by atomic mass is 28.5. The fourth-order valence-corrected chi connectivity index (χ4v) is 47.9. The molecule has 0 bridgehead atoms. The molecule has 17 heavy (non-hydrogen) atoms. The average molecular weight is 303 g/mol. The molecule has 0 saturated carbocycles. The van der Waals surface area contributed by atoms with Gasteiger partial charge >= 0.3 is 0 Å². The van der Waals surface area contributed by atoms with E-state index >= 15 is 0 Å². The summed E-state index contributed by atoms with van der Waals surface area (Å²) >= 11 is 0. The van der Waals surface area contributed by atoms with E-state index in [1.165, 1.54) is 5.16 Å².